The highest BCUT2D eigenvalue weighted by Gasteiger charge is 2.47. The molecule has 0 spiro atoms. The molecule has 14 rings (SSSR count). The zero-order valence-corrected chi connectivity index (χ0v) is 36.9. The smallest absolute Gasteiger partial charge is 0.0713 e. The first-order valence-corrected chi connectivity index (χ1v) is 24.1. The predicted octanol–water partition coefficient (Wildman–Crippen LogP) is 18.1. The zero-order chi connectivity index (χ0) is 42.6. The van der Waals surface area contributed by atoms with Crippen LogP contribution in [0.3, 0.4) is 0 Å². The maximum Gasteiger partial charge on any atom is 0.0713 e. The van der Waals surface area contributed by atoms with Crippen molar-refractivity contribution in [3.63, 3.8) is 0 Å². The van der Waals surface area contributed by atoms with Crippen molar-refractivity contribution >= 4 is 84.6 Å². The highest BCUT2D eigenvalue weighted by molar-refractivity contribution is 7.26. The van der Waals surface area contributed by atoms with Gasteiger partial charge in [-0.1, -0.05) is 200 Å². The fraction of sp³-hybridized carbons (Fsp3) is 0.0159. The quantitative estimate of drug-likeness (QED) is 0.151. The van der Waals surface area contributed by atoms with E-state index in [0.29, 0.717) is 0 Å². The van der Waals surface area contributed by atoms with Crippen LogP contribution in [0, 0.1) is 0 Å². The van der Waals surface area contributed by atoms with Gasteiger partial charge in [0.2, 0.25) is 0 Å². The number of fused-ring (bicyclic) bond motifs is 11. The highest BCUT2D eigenvalue weighted by atomic mass is 32.1. The molecule has 0 fully saturated rings. The number of hydrogen-bond acceptors (Lipinski definition) is 2. The van der Waals surface area contributed by atoms with Crippen molar-refractivity contribution in [2.24, 2.45) is 0 Å². The van der Waals surface area contributed by atoms with E-state index in [1.165, 1.54) is 129 Å². The Labute approximate surface area is 385 Å². The van der Waals surface area contributed by atoms with Crippen molar-refractivity contribution in [2.75, 3.05) is 0 Å². The molecule has 0 aliphatic heterocycles. The zero-order valence-electron chi connectivity index (χ0n) is 35.3. The van der Waals surface area contributed by atoms with Crippen LogP contribution in [0.2, 0.25) is 0 Å². The van der Waals surface area contributed by atoms with Gasteiger partial charge in [0.25, 0.3) is 0 Å². The first-order valence-electron chi connectivity index (χ1n) is 22.4. The topological polar surface area (TPSA) is 0 Å². The van der Waals surface area contributed by atoms with Crippen LogP contribution in [0.15, 0.2) is 231 Å². The van der Waals surface area contributed by atoms with Crippen LogP contribution in [0.5, 0.6) is 0 Å². The summed E-state index contributed by atoms with van der Waals surface area (Å²) in [4.78, 5) is 0. The van der Waals surface area contributed by atoms with Gasteiger partial charge >= 0.3 is 0 Å². The molecule has 1 aliphatic carbocycles. The van der Waals surface area contributed by atoms with Gasteiger partial charge in [0.05, 0.1) is 5.41 Å². The minimum absolute atomic E-state index is 0.507. The molecule has 2 aromatic heterocycles. The molecule has 2 heteroatoms. The van der Waals surface area contributed by atoms with Gasteiger partial charge in [-0.3, -0.25) is 0 Å². The van der Waals surface area contributed by atoms with E-state index in [2.05, 4.69) is 231 Å². The van der Waals surface area contributed by atoms with Crippen molar-refractivity contribution in [3.05, 3.63) is 253 Å². The van der Waals surface area contributed by atoms with Gasteiger partial charge in [0, 0.05) is 40.3 Å². The van der Waals surface area contributed by atoms with Crippen LogP contribution in [0.25, 0.3) is 106 Å². The molecule has 0 radical (unpaired) electrons. The molecule has 1 aliphatic rings. The van der Waals surface area contributed by atoms with Gasteiger partial charge in [-0.25, -0.2) is 0 Å². The molecule has 0 bridgehead atoms. The summed E-state index contributed by atoms with van der Waals surface area (Å²) < 4.78 is 5.26. The lowest BCUT2D eigenvalue weighted by Crippen LogP contribution is -2.28. The summed E-state index contributed by atoms with van der Waals surface area (Å²) in [5.74, 6) is 0. The van der Waals surface area contributed by atoms with Crippen LogP contribution >= 0.6 is 22.7 Å². The normalized spacial score (nSPS) is 13.0. The lowest BCUT2D eigenvalue weighted by atomic mass is 9.67. The van der Waals surface area contributed by atoms with E-state index in [9.17, 15) is 0 Å². The summed E-state index contributed by atoms with van der Waals surface area (Å²) in [5, 5.41) is 10.3. The van der Waals surface area contributed by atoms with E-state index in [-0.39, 0.29) is 0 Å². The van der Waals surface area contributed by atoms with E-state index in [1.54, 1.807) is 0 Å². The monoisotopic (exact) mass is 858 g/mol. The van der Waals surface area contributed by atoms with Crippen molar-refractivity contribution < 1.29 is 0 Å². The Morgan fingerprint density at radius 3 is 1.23 bits per heavy atom. The minimum atomic E-state index is -0.507. The van der Waals surface area contributed by atoms with E-state index in [0.717, 1.165) is 0 Å². The molecule has 0 atom stereocenters. The van der Waals surface area contributed by atoms with E-state index >= 15 is 0 Å². The fourth-order valence-corrected chi connectivity index (χ4v) is 13.9. The Balaban J connectivity index is 1.15. The molecular weight excluding hydrogens is 821 g/mol. The number of thiophene rings is 2. The molecule has 65 heavy (non-hydrogen) atoms. The number of hydrogen-bond donors (Lipinski definition) is 0. The Kier molecular flexibility index (Phi) is 8.04. The van der Waals surface area contributed by atoms with Crippen LogP contribution in [0.4, 0.5) is 0 Å². The number of benzene rings is 11. The van der Waals surface area contributed by atoms with Crippen LogP contribution < -0.4 is 0 Å². The third-order valence-corrected chi connectivity index (χ3v) is 16.4. The Bertz CT molecular complexity index is 3850. The maximum absolute atomic E-state index is 2.52. The second kappa shape index (κ2) is 14.2. The summed E-state index contributed by atoms with van der Waals surface area (Å²) in [5.41, 5.74) is 14.8. The summed E-state index contributed by atoms with van der Waals surface area (Å²) in [6, 6.07) is 86.7. The predicted molar refractivity (Wildman–Crippen MR) is 281 cm³/mol. The molecule has 11 aromatic carbocycles. The van der Waals surface area contributed by atoms with Gasteiger partial charge in [-0.05, 0) is 119 Å². The lowest BCUT2D eigenvalue weighted by Gasteiger charge is -2.34. The minimum Gasteiger partial charge on any atom is -0.135 e. The van der Waals surface area contributed by atoms with Crippen LogP contribution in [-0.2, 0) is 5.41 Å². The lowest BCUT2D eigenvalue weighted by molar-refractivity contribution is 0.768. The van der Waals surface area contributed by atoms with E-state index in [1.807, 2.05) is 22.7 Å². The van der Waals surface area contributed by atoms with Crippen LogP contribution in [-0.4, -0.2) is 0 Å². The number of rotatable bonds is 5. The molecule has 2 heterocycles. The summed E-state index contributed by atoms with van der Waals surface area (Å²) in [7, 11) is 0. The molecule has 0 amide bonds. The Morgan fingerprint density at radius 2 is 0.646 bits per heavy atom. The molecular formula is C63H38S2. The average molecular weight is 859 g/mol. The molecule has 302 valence electrons. The Morgan fingerprint density at radius 1 is 0.246 bits per heavy atom. The fourth-order valence-electron chi connectivity index (χ4n) is 11.6. The van der Waals surface area contributed by atoms with Crippen LogP contribution in [0.1, 0.15) is 22.3 Å². The molecule has 0 saturated carbocycles. The summed E-state index contributed by atoms with van der Waals surface area (Å²) in [6.07, 6.45) is 0. The largest absolute Gasteiger partial charge is 0.135 e. The highest BCUT2D eigenvalue weighted by Crippen LogP contribution is 2.59. The molecule has 0 unspecified atom stereocenters. The van der Waals surface area contributed by atoms with Crippen molar-refractivity contribution in [1.29, 1.82) is 0 Å². The second-order valence-corrected chi connectivity index (χ2v) is 19.5. The average Bonchev–Trinajstić information content (AvgIpc) is 4.05. The molecule has 0 nitrogen and oxygen atoms in total. The maximum atomic E-state index is 2.52. The van der Waals surface area contributed by atoms with Gasteiger partial charge in [0.15, 0.2) is 0 Å². The third kappa shape index (κ3) is 5.18. The molecule has 13 aromatic rings. The van der Waals surface area contributed by atoms with Crippen molar-refractivity contribution in [2.45, 2.75) is 5.41 Å². The van der Waals surface area contributed by atoms with Gasteiger partial charge < -0.3 is 0 Å². The van der Waals surface area contributed by atoms with Crippen molar-refractivity contribution in [3.8, 4) is 44.5 Å². The van der Waals surface area contributed by atoms with Gasteiger partial charge in [-0.2, -0.15) is 0 Å². The van der Waals surface area contributed by atoms with Gasteiger partial charge in [-0.15, -0.1) is 22.7 Å². The summed E-state index contributed by atoms with van der Waals surface area (Å²) >= 11 is 3.77. The summed E-state index contributed by atoms with van der Waals surface area (Å²) in [6.45, 7) is 0. The standard InChI is InChI=1S/C63H38S2/c1-3-18-39(19-4-1)63(40-20-5-2-6-21-40)53-32-10-7-22-47(53)60-50(31-15-33-54(60)63)59-45-27-13-25-41(43-29-16-36-57-61(43)48-23-8-11-34-55(48)64-57)51(45)38-52-42(26-14-28-46(52)59)44-30-17-37-58-62(44)49-24-9-12-35-56(49)65-58/h1-38H. The van der Waals surface area contributed by atoms with E-state index < -0.39 is 5.41 Å². The third-order valence-electron chi connectivity index (χ3n) is 14.2. The van der Waals surface area contributed by atoms with Gasteiger partial charge in [0.1, 0.15) is 0 Å². The second-order valence-electron chi connectivity index (χ2n) is 17.4. The Hall–Kier alpha value is -7.62. The first-order chi connectivity index (χ1) is 32.3. The van der Waals surface area contributed by atoms with Crippen molar-refractivity contribution in [1.82, 2.24) is 0 Å². The van der Waals surface area contributed by atoms with E-state index in [4.69, 9.17) is 0 Å². The SMILES string of the molecule is c1ccc(C2(c3ccccc3)c3ccccc3-c3c(-c4c5cccc(-c6cccc7sc8ccccc8c67)c5cc5c(-c6cccc7sc8ccccc8c67)cccc45)cccc32)cc1. The molecule has 0 saturated heterocycles. The first kappa shape index (κ1) is 36.8. The molecule has 0 N–H and O–H groups in total.